The number of anilines is 3. The zero-order valence-corrected chi connectivity index (χ0v) is 30.0. The molecule has 54 heavy (non-hydrogen) atoms. The van der Waals surface area contributed by atoms with E-state index in [0.29, 0.717) is 0 Å². The van der Waals surface area contributed by atoms with E-state index >= 15 is 0 Å². The third-order valence-electron chi connectivity index (χ3n) is 11.7. The van der Waals surface area contributed by atoms with E-state index in [4.69, 9.17) is 4.42 Å². The van der Waals surface area contributed by atoms with E-state index in [1.165, 1.54) is 64.7 Å². The first-order valence-corrected chi connectivity index (χ1v) is 19.3. The summed E-state index contributed by atoms with van der Waals surface area (Å²) in [5.41, 5.74) is 12.5. The van der Waals surface area contributed by atoms with Crippen LogP contribution in [0.25, 0.3) is 54.6 Å². The Morgan fingerprint density at radius 1 is 0.407 bits per heavy atom. The molecule has 0 saturated carbocycles. The molecule has 0 amide bonds. The number of rotatable bonds is 3. The summed E-state index contributed by atoms with van der Waals surface area (Å²) in [7, 11) is 0. The number of hydrogen-bond donors (Lipinski definition) is 0. The van der Waals surface area contributed by atoms with Crippen molar-refractivity contribution in [1.29, 1.82) is 0 Å². The van der Waals surface area contributed by atoms with Crippen LogP contribution in [0.3, 0.4) is 0 Å². The average Bonchev–Trinajstić information content (AvgIpc) is 3.61. The Labute approximate surface area is 316 Å². The van der Waals surface area contributed by atoms with Crippen LogP contribution in [-0.4, -0.2) is 0 Å². The SMILES string of the molecule is c1ccc2c(c1)Sc1ccccc1C21c2ccccc2-c2ccc(N(c3ccc4ccccc4c3)c3ccc4c(c3)oc3ccccc34)c3cccc1c23. The van der Waals surface area contributed by atoms with Crippen molar-refractivity contribution in [3.63, 3.8) is 0 Å². The molecule has 1 spiro atoms. The van der Waals surface area contributed by atoms with E-state index in [1.54, 1.807) is 0 Å². The molecule has 252 valence electrons. The zero-order valence-electron chi connectivity index (χ0n) is 29.2. The molecule has 1 aromatic heterocycles. The van der Waals surface area contributed by atoms with Crippen molar-refractivity contribution in [3.05, 3.63) is 210 Å². The third kappa shape index (κ3) is 4.02. The third-order valence-corrected chi connectivity index (χ3v) is 12.8. The summed E-state index contributed by atoms with van der Waals surface area (Å²) in [6, 6.07) is 69.2. The molecular formula is C51H31NOS. The summed E-state index contributed by atoms with van der Waals surface area (Å²) in [4.78, 5) is 5.03. The van der Waals surface area contributed by atoms with Crippen LogP contribution < -0.4 is 4.90 Å². The summed E-state index contributed by atoms with van der Waals surface area (Å²) in [6.07, 6.45) is 0. The molecule has 0 bridgehead atoms. The quantitative estimate of drug-likeness (QED) is 0.182. The van der Waals surface area contributed by atoms with Gasteiger partial charge in [-0.15, -0.1) is 0 Å². The second kappa shape index (κ2) is 11.2. The first kappa shape index (κ1) is 30.0. The second-order valence-corrected chi connectivity index (χ2v) is 15.5. The predicted molar refractivity (Wildman–Crippen MR) is 225 cm³/mol. The van der Waals surface area contributed by atoms with Gasteiger partial charge in [0.15, 0.2) is 0 Å². The predicted octanol–water partition coefficient (Wildman–Crippen LogP) is 14.2. The van der Waals surface area contributed by atoms with Gasteiger partial charge < -0.3 is 9.32 Å². The van der Waals surface area contributed by atoms with Crippen LogP contribution in [0, 0.1) is 0 Å². The molecule has 3 heteroatoms. The lowest BCUT2D eigenvalue weighted by atomic mass is 9.59. The molecule has 0 fully saturated rings. The van der Waals surface area contributed by atoms with Gasteiger partial charge in [0.1, 0.15) is 11.2 Å². The number of benzene rings is 9. The fourth-order valence-corrected chi connectivity index (χ4v) is 10.7. The Hall–Kier alpha value is -6.55. The van der Waals surface area contributed by atoms with Crippen LogP contribution in [0.2, 0.25) is 0 Å². The van der Waals surface area contributed by atoms with Gasteiger partial charge in [-0.25, -0.2) is 0 Å². The van der Waals surface area contributed by atoms with E-state index < -0.39 is 5.41 Å². The highest BCUT2D eigenvalue weighted by Crippen LogP contribution is 2.62. The Balaban J connectivity index is 1.19. The minimum Gasteiger partial charge on any atom is -0.456 e. The molecule has 2 heterocycles. The molecule has 0 atom stereocenters. The highest BCUT2D eigenvalue weighted by Gasteiger charge is 2.48. The molecule has 0 unspecified atom stereocenters. The maximum absolute atomic E-state index is 6.49. The molecule has 2 aliphatic rings. The Morgan fingerprint density at radius 3 is 1.89 bits per heavy atom. The molecular weight excluding hydrogens is 675 g/mol. The van der Waals surface area contributed by atoms with E-state index in [0.717, 1.165) is 39.0 Å². The monoisotopic (exact) mass is 705 g/mol. The topological polar surface area (TPSA) is 16.4 Å². The Kier molecular flexibility index (Phi) is 6.23. The lowest BCUT2D eigenvalue weighted by molar-refractivity contribution is 0.669. The van der Waals surface area contributed by atoms with Crippen molar-refractivity contribution in [2.24, 2.45) is 0 Å². The average molecular weight is 706 g/mol. The van der Waals surface area contributed by atoms with Gasteiger partial charge in [-0.05, 0) is 98.1 Å². The number of fused-ring (bicyclic) bond motifs is 12. The van der Waals surface area contributed by atoms with Crippen LogP contribution in [0.4, 0.5) is 17.1 Å². The van der Waals surface area contributed by atoms with Crippen LogP contribution >= 0.6 is 11.8 Å². The highest BCUT2D eigenvalue weighted by molar-refractivity contribution is 7.99. The van der Waals surface area contributed by atoms with Gasteiger partial charge in [-0.3, -0.25) is 0 Å². The first-order valence-electron chi connectivity index (χ1n) is 18.5. The van der Waals surface area contributed by atoms with Gasteiger partial charge in [-0.2, -0.15) is 0 Å². The second-order valence-electron chi connectivity index (χ2n) is 14.4. The molecule has 12 rings (SSSR count). The summed E-state index contributed by atoms with van der Waals surface area (Å²) < 4.78 is 6.49. The standard InChI is InChI=1S/C51H31NOS/c1-2-13-33-30-34(25-24-32(33)12-1)52(35-26-27-38-37-15-4-8-21-46(37)53-47(38)31-35)45-29-28-39-36-14-3-5-17-41(36)51(44-20-11-16-40(45)50(39)44)42-18-6-9-22-48(42)54-49-23-10-7-19-43(49)51/h1-31H. The first-order chi connectivity index (χ1) is 26.8. The van der Waals surface area contributed by atoms with Crippen molar-refractivity contribution in [2.45, 2.75) is 15.2 Å². The van der Waals surface area contributed by atoms with Crippen LogP contribution in [-0.2, 0) is 5.41 Å². The fourth-order valence-electron chi connectivity index (χ4n) is 9.48. The van der Waals surface area contributed by atoms with Gasteiger partial charge >= 0.3 is 0 Å². The van der Waals surface area contributed by atoms with Gasteiger partial charge in [0.2, 0.25) is 0 Å². The Morgan fingerprint density at radius 2 is 1.04 bits per heavy atom. The molecule has 10 aromatic rings. The lowest BCUT2D eigenvalue weighted by Gasteiger charge is -2.46. The molecule has 9 aromatic carbocycles. The zero-order chi connectivity index (χ0) is 35.4. The number of furan rings is 1. The molecule has 1 aliphatic carbocycles. The van der Waals surface area contributed by atoms with E-state index in [9.17, 15) is 0 Å². The maximum Gasteiger partial charge on any atom is 0.137 e. The minimum atomic E-state index is -0.485. The van der Waals surface area contributed by atoms with Crippen molar-refractivity contribution in [3.8, 4) is 11.1 Å². The summed E-state index contributed by atoms with van der Waals surface area (Å²) in [6.45, 7) is 0. The molecule has 0 saturated heterocycles. The van der Waals surface area contributed by atoms with Crippen LogP contribution in [0.5, 0.6) is 0 Å². The van der Waals surface area contributed by atoms with Crippen molar-refractivity contribution >= 4 is 72.3 Å². The number of hydrogen-bond acceptors (Lipinski definition) is 3. The van der Waals surface area contributed by atoms with Crippen LogP contribution in [0.1, 0.15) is 22.3 Å². The summed E-state index contributed by atoms with van der Waals surface area (Å²) >= 11 is 1.88. The van der Waals surface area contributed by atoms with Gasteiger partial charge in [0.05, 0.1) is 11.1 Å². The molecule has 1 aliphatic heterocycles. The smallest absolute Gasteiger partial charge is 0.137 e. The van der Waals surface area contributed by atoms with Gasteiger partial charge in [0.25, 0.3) is 0 Å². The van der Waals surface area contributed by atoms with Gasteiger partial charge in [-0.1, -0.05) is 145 Å². The molecule has 0 N–H and O–H groups in total. The lowest BCUT2D eigenvalue weighted by Crippen LogP contribution is -2.36. The maximum atomic E-state index is 6.49. The molecule has 0 radical (unpaired) electrons. The van der Waals surface area contributed by atoms with Crippen molar-refractivity contribution in [2.75, 3.05) is 4.90 Å². The largest absolute Gasteiger partial charge is 0.456 e. The fraction of sp³-hybridized carbons (Fsp3) is 0.0196. The highest BCUT2D eigenvalue weighted by atomic mass is 32.2. The Bertz CT molecular complexity index is 3130. The number of para-hydroxylation sites is 1. The van der Waals surface area contributed by atoms with Gasteiger partial charge in [0, 0.05) is 43.4 Å². The molecule has 2 nitrogen and oxygen atoms in total. The van der Waals surface area contributed by atoms with E-state index in [2.05, 4.69) is 187 Å². The van der Waals surface area contributed by atoms with Crippen molar-refractivity contribution < 1.29 is 4.42 Å². The minimum absolute atomic E-state index is 0.485. The van der Waals surface area contributed by atoms with Crippen LogP contribution in [0.15, 0.2) is 202 Å². The van der Waals surface area contributed by atoms with Crippen molar-refractivity contribution in [1.82, 2.24) is 0 Å². The van der Waals surface area contributed by atoms with E-state index in [-0.39, 0.29) is 0 Å². The summed E-state index contributed by atoms with van der Waals surface area (Å²) in [5.74, 6) is 0. The normalized spacial score (nSPS) is 13.6. The van der Waals surface area contributed by atoms with E-state index in [1.807, 2.05) is 17.8 Å². The summed E-state index contributed by atoms with van der Waals surface area (Å²) in [5, 5.41) is 7.18. The number of nitrogens with zero attached hydrogens (tertiary/aromatic N) is 1.